The number of hydrogen-bond donors (Lipinski definition) is 2. The maximum atomic E-state index is 12.0. The van der Waals surface area contributed by atoms with Gasteiger partial charge in [-0.25, -0.2) is 4.79 Å². The molecule has 2 rings (SSSR count). The molecule has 0 atom stereocenters. The molecule has 1 aromatic heterocycles. The van der Waals surface area contributed by atoms with Crippen LogP contribution in [0.2, 0.25) is 5.02 Å². The van der Waals surface area contributed by atoms with Gasteiger partial charge in [-0.05, 0) is 18.2 Å². The summed E-state index contributed by atoms with van der Waals surface area (Å²) >= 11 is 5.98. The predicted octanol–water partition coefficient (Wildman–Crippen LogP) is 2.46. The number of halogens is 1. The van der Waals surface area contributed by atoms with Crippen LogP contribution in [-0.2, 0) is 13.6 Å². The summed E-state index contributed by atoms with van der Waals surface area (Å²) in [7, 11) is 5.64. The van der Waals surface area contributed by atoms with E-state index in [9.17, 15) is 4.79 Å². The average Bonchev–Trinajstić information content (AvgIpc) is 2.82. The SMILES string of the molecule is CN(C)c1ccc(Cl)cc1NC(=O)NCc1cnn(C)c1. The van der Waals surface area contributed by atoms with E-state index >= 15 is 0 Å². The second-order valence-corrected chi connectivity index (χ2v) is 5.32. The molecule has 2 aromatic rings. The van der Waals surface area contributed by atoms with E-state index in [-0.39, 0.29) is 6.03 Å². The van der Waals surface area contributed by atoms with E-state index in [0.29, 0.717) is 17.3 Å². The van der Waals surface area contributed by atoms with Crippen molar-refractivity contribution < 1.29 is 4.79 Å². The maximum absolute atomic E-state index is 12.0. The second-order valence-electron chi connectivity index (χ2n) is 4.89. The fraction of sp³-hybridized carbons (Fsp3) is 0.286. The summed E-state index contributed by atoms with van der Waals surface area (Å²) in [5.74, 6) is 0. The Balaban J connectivity index is 2.00. The number of carbonyl (C=O) groups excluding carboxylic acids is 1. The van der Waals surface area contributed by atoms with E-state index in [1.807, 2.05) is 38.3 Å². The molecule has 0 saturated heterocycles. The van der Waals surface area contributed by atoms with Crippen LogP contribution in [0.1, 0.15) is 5.56 Å². The zero-order chi connectivity index (χ0) is 15.4. The molecule has 112 valence electrons. The number of urea groups is 1. The topological polar surface area (TPSA) is 62.2 Å². The molecule has 0 unspecified atom stereocenters. The molecule has 0 aliphatic rings. The van der Waals surface area contributed by atoms with Crippen LogP contribution in [0.4, 0.5) is 16.2 Å². The van der Waals surface area contributed by atoms with Crippen molar-refractivity contribution in [3.05, 3.63) is 41.2 Å². The summed E-state index contributed by atoms with van der Waals surface area (Å²) in [6.45, 7) is 0.414. The van der Waals surface area contributed by atoms with E-state index in [1.165, 1.54) is 0 Å². The van der Waals surface area contributed by atoms with Crippen molar-refractivity contribution in [2.45, 2.75) is 6.54 Å². The number of benzene rings is 1. The Kier molecular flexibility index (Phi) is 4.70. The second kappa shape index (κ2) is 6.49. The Morgan fingerprint density at radius 1 is 1.43 bits per heavy atom. The smallest absolute Gasteiger partial charge is 0.319 e. The van der Waals surface area contributed by atoms with Gasteiger partial charge in [-0.15, -0.1) is 0 Å². The Hall–Kier alpha value is -2.21. The molecule has 2 amide bonds. The molecule has 0 saturated carbocycles. The number of nitrogens with zero attached hydrogens (tertiary/aromatic N) is 3. The zero-order valence-corrected chi connectivity index (χ0v) is 13.0. The first-order valence-corrected chi connectivity index (χ1v) is 6.83. The minimum Gasteiger partial charge on any atom is -0.376 e. The molecule has 7 heteroatoms. The van der Waals surface area contributed by atoms with Gasteiger partial charge in [0, 0.05) is 44.5 Å². The van der Waals surface area contributed by atoms with Gasteiger partial charge in [0.25, 0.3) is 0 Å². The molecule has 21 heavy (non-hydrogen) atoms. The Morgan fingerprint density at radius 3 is 2.81 bits per heavy atom. The van der Waals surface area contributed by atoms with Crippen molar-refractivity contribution in [2.75, 3.05) is 24.3 Å². The number of hydrogen-bond acceptors (Lipinski definition) is 3. The van der Waals surface area contributed by atoms with Gasteiger partial charge < -0.3 is 15.5 Å². The normalized spacial score (nSPS) is 10.3. The fourth-order valence-corrected chi connectivity index (χ4v) is 2.08. The fourth-order valence-electron chi connectivity index (χ4n) is 1.91. The molecule has 1 heterocycles. The summed E-state index contributed by atoms with van der Waals surface area (Å²) in [5, 5.41) is 10.2. The monoisotopic (exact) mass is 307 g/mol. The summed E-state index contributed by atoms with van der Waals surface area (Å²) in [4.78, 5) is 13.9. The number of carbonyl (C=O) groups is 1. The van der Waals surface area contributed by atoms with Crippen molar-refractivity contribution >= 4 is 29.0 Å². The molecule has 0 bridgehead atoms. The first-order chi connectivity index (χ1) is 9.95. The average molecular weight is 308 g/mol. The lowest BCUT2D eigenvalue weighted by molar-refractivity contribution is 0.251. The highest BCUT2D eigenvalue weighted by Crippen LogP contribution is 2.27. The molecule has 2 N–H and O–H groups in total. The van der Waals surface area contributed by atoms with E-state index in [2.05, 4.69) is 15.7 Å². The lowest BCUT2D eigenvalue weighted by atomic mass is 10.2. The maximum Gasteiger partial charge on any atom is 0.319 e. The van der Waals surface area contributed by atoms with Crippen LogP contribution in [0, 0.1) is 0 Å². The number of anilines is 2. The van der Waals surface area contributed by atoms with Gasteiger partial charge in [0.05, 0.1) is 17.6 Å². The number of amides is 2. The van der Waals surface area contributed by atoms with E-state index in [1.54, 1.807) is 23.0 Å². The number of aromatic nitrogens is 2. The molecule has 0 radical (unpaired) electrons. The quantitative estimate of drug-likeness (QED) is 0.912. The van der Waals surface area contributed by atoms with Crippen molar-refractivity contribution in [1.82, 2.24) is 15.1 Å². The Labute approximate surface area is 128 Å². The minimum absolute atomic E-state index is 0.288. The van der Waals surface area contributed by atoms with Crippen LogP contribution in [-0.4, -0.2) is 29.9 Å². The minimum atomic E-state index is -0.288. The molecule has 6 nitrogen and oxygen atoms in total. The van der Waals surface area contributed by atoms with Crippen LogP contribution in [0.15, 0.2) is 30.6 Å². The van der Waals surface area contributed by atoms with Gasteiger partial charge >= 0.3 is 6.03 Å². The van der Waals surface area contributed by atoms with Gasteiger partial charge in [-0.3, -0.25) is 4.68 Å². The molecule has 0 aliphatic carbocycles. The van der Waals surface area contributed by atoms with Gasteiger partial charge in [0.2, 0.25) is 0 Å². The molecular weight excluding hydrogens is 290 g/mol. The van der Waals surface area contributed by atoms with Gasteiger partial charge in [0.1, 0.15) is 0 Å². The molecule has 0 aliphatic heterocycles. The first kappa shape index (κ1) is 15.2. The van der Waals surface area contributed by atoms with Crippen LogP contribution in [0.3, 0.4) is 0 Å². The summed E-state index contributed by atoms with van der Waals surface area (Å²) in [6.07, 6.45) is 3.57. The third-order valence-corrected chi connectivity index (χ3v) is 3.14. The van der Waals surface area contributed by atoms with E-state index < -0.39 is 0 Å². The van der Waals surface area contributed by atoms with Crippen molar-refractivity contribution in [2.24, 2.45) is 7.05 Å². The van der Waals surface area contributed by atoms with Crippen LogP contribution in [0.25, 0.3) is 0 Å². The highest BCUT2D eigenvalue weighted by atomic mass is 35.5. The van der Waals surface area contributed by atoms with Gasteiger partial charge in [-0.1, -0.05) is 11.6 Å². The zero-order valence-electron chi connectivity index (χ0n) is 12.2. The van der Waals surface area contributed by atoms with E-state index in [4.69, 9.17) is 11.6 Å². The lowest BCUT2D eigenvalue weighted by Crippen LogP contribution is -2.28. The third kappa shape index (κ3) is 4.13. The predicted molar refractivity (Wildman–Crippen MR) is 84.8 cm³/mol. The Morgan fingerprint density at radius 2 is 2.19 bits per heavy atom. The largest absolute Gasteiger partial charge is 0.376 e. The number of rotatable bonds is 4. The highest BCUT2D eigenvalue weighted by molar-refractivity contribution is 6.31. The molecule has 0 fully saturated rings. The van der Waals surface area contributed by atoms with E-state index in [0.717, 1.165) is 11.3 Å². The summed E-state index contributed by atoms with van der Waals surface area (Å²) < 4.78 is 1.69. The van der Waals surface area contributed by atoms with Crippen LogP contribution < -0.4 is 15.5 Å². The van der Waals surface area contributed by atoms with Crippen LogP contribution >= 0.6 is 11.6 Å². The van der Waals surface area contributed by atoms with Crippen molar-refractivity contribution in [3.8, 4) is 0 Å². The Bertz CT molecular complexity index is 638. The number of nitrogens with one attached hydrogen (secondary N) is 2. The standard InChI is InChI=1S/C14H18ClN5O/c1-19(2)13-5-4-11(15)6-12(13)18-14(21)16-7-10-8-17-20(3)9-10/h4-6,8-9H,7H2,1-3H3,(H2,16,18,21). The first-order valence-electron chi connectivity index (χ1n) is 6.45. The van der Waals surface area contributed by atoms with Crippen LogP contribution in [0.5, 0.6) is 0 Å². The molecular formula is C14H18ClN5O. The van der Waals surface area contributed by atoms with Crippen molar-refractivity contribution in [1.29, 1.82) is 0 Å². The van der Waals surface area contributed by atoms with Crippen molar-refractivity contribution in [3.63, 3.8) is 0 Å². The summed E-state index contributed by atoms with van der Waals surface area (Å²) in [5.41, 5.74) is 2.48. The molecule has 0 spiro atoms. The lowest BCUT2D eigenvalue weighted by Gasteiger charge is -2.18. The molecule has 1 aromatic carbocycles. The van der Waals surface area contributed by atoms with Gasteiger partial charge in [-0.2, -0.15) is 5.10 Å². The number of aryl methyl sites for hydroxylation is 1. The highest BCUT2D eigenvalue weighted by Gasteiger charge is 2.09. The van der Waals surface area contributed by atoms with Gasteiger partial charge in [0.15, 0.2) is 0 Å². The summed E-state index contributed by atoms with van der Waals surface area (Å²) in [6, 6.07) is 5.08. The third-order valence-electron chi connectivity index (χ3n) is 2.90.